The summed E-state index contributed by atoms with van der Waals surface area (Å²) in [7, 11) is 0. The summed E-state index contributed by atoms with van der Waals surface area (Å²) in [6.45, 7) is 2.42. The highest BCUT2D eigenvalue weighted by atomic mass is 32.2. The van der Waals surface area contributed by atoms with Crippen LogP contribution in [-0.2, 0) is 16.1 Å². The van der Waals surface area contributed by atoms with Crippen molar-refractivity contribution < 1.29 is 19.1 Å². The molecular weight excluding hydrogens is 548 g/mol. The maximum atomic E-state index is 12.6. The molecular formula is C33H30N4O4S. The van der Waals surface area contributed by atoms with Crippen LogP contribution in [-0.4, -0.2) is 41.2 Å². The Balaban J connectivity index is 1.09. The van der Waals surface area contributed by atoms with Crippen LogP contribution in [0.4, 0.5) is 5.69 Å². The smallest absolute Gasteiger partial charge is 0.271 e. The molecule has 9 heteroatoms. The van der Waals surface area contributed by atoms with Gasteiger partial charge < -0.3 is 15.0 Å². The minimum atomic E-state index is -0.339. The van der Waals surface area contributed by atoms with Crippen molar-refractivity contribution in [3.05, 3.63) is 131 Å². The molecule has 0 unspecified atom stereocenters. The lowest BCUT2D eigenvalue weighted by atomic mass is 10.1. The van der Waals surface area contributed by atoms with E-state index < -0.39 is 0 Å². The van der Waals surface area contributed by atoms with Gasteiger partial charge in [0, 0.05) is 17.8 Å². The Bertz CT molecular complexity index is 1560. The number of ether oxygens (including phenoxy) is 1. The molecule has 0 radical (unpaired) electrons. The number of carbonyl (C=O) groups is 3. The Labute approximate surface area is 248 Å². The Kier molecular flexibility index (Phi) is 9.30. The van der Waals surface area contributed by atoms with Crippen molar-refractivity contribution in [3.8, 4) is 5.75 Å². The van der Waals surface area contributed by atoms with Crippen molar-refractivity contribution in [3.63, 3.8) is 0 Å². The summed E-state index contributed by atoms with van der Waals surface area (Å²) in [5, 5.41) is 6.75. The van der Waals surface area contributed by atoms with Crippen LogP contribution in [0, 0.1) is 6.92 Å². The number of nitrogens with zero attached hydrogens (tertiary/aromatic N) is 2. The van der Waals surface area contributed by atoms with Crippen molar-refractivity contribution in [1.29, 1.82) is 0 Å². The van der Waals surface area contributed by atoms with E-state index in [9.17, 15) is 14.4 Å². The van der Waals surface area contributed by atoms with Gasteiger partial charge in [0.2, 0.25) is 5.91 Å². The standard InChI is InChI=1S/C33H30N4O4S/c1-23-7-15-28(16-8-23)35-30(38)21-41-29-17-9-24(10-18-29)19-34-36-32(40)26-11-13-27(14-12-26)33-37(31(39)22-42-33)20-25-5-3-2-4-6-25/h2-19,33H,20-22H2,1H3,(H,35,38)(H,36,40)/b34-19-/t33-/m1/s1. The highest BCUT2D eigenvalue weighted by molar-refractivity contribution is 8.00. The number of benzene rings is 4. The highest BCUT2D eigenvalue weighted by Crippen LogP contribution is 2.39. The molecule has 0 aromatic heterocycles. The topological polar surface area (TPSA) is 100 Å². The summed E-state index contributed by atoms with van der Waals surface area (Å²) in [4.78, 5) is 39.1. The van der Waals surface area contributed by atoms with E-state index in [1.54, 1.807) is 48.2 Å². The fourth-order valence-electron chi connectivity index (χ4n) is 4.34. The number of thioether (sulfide) groups is 1. The third kappa shape index (κ3) is 7.64. The first-order chi connectivity index (χ1) is 20.4. The fraction of sp³-hybridized carbons (Fsp3) is 0.152. The average molecular weight is 579 g/mol. The lowest BCUT2D eigenvalue weighted by Gasteiger charge is -2.24. The molecule has 8 nitrogen and oxygen atoms in total. The van der Waals surface area contributed by atoms with Gasteiger partial charge in [-0.2, -0.15) is 5.10 Å². The number of carbonyl (C=O) groups excluding carboxylic acids is 3. The Hall–Kier alpha value is -4.89. The van der Waals surface area contributed by atoms with Gasteiger partial charge >= 0.3 is 0 Å². The molecule has 5 rings (SSSR count). The number of hydrogen-bond donors (Lipinski definition) is 2. The van der Waals surface area contributed by atoms with Gasteiger partial charge in [-0.3, -0.25) is 14.4 Å². The lowest BCUT2D eigenvalue weighted by Crippen LogP contribution is -2.27. The molecule has 1 aliphatic rings. The van der Waals surface area contributed by atoms with Crippen LogP contribution in [0.25, 0.3) is 0 Å². The van der Waals surface area contributed by atoms with Crippen LogP contribution >= 0.6 is 11.8 Å². The number of nitrogens with one attached hydrogen (secondary N) is 2. The van der Waals surface area contributed by atoms with Crippen molar-refractivity contribution in [2.24, 2.45) is 5.10 Å². The molecule has 0 bridgehead atoms. The molecule has 1 atom stereocenters. The van der Waals surface area contributed by atoms with Gasteiger partial charge in [0.25, 0.3) is 11.8 Å². The number of hydrogen-bond acceptors (Lipinski definition) is 6. The molecule has 1 saturated heterocycles. The monoisotopic (exact) mass is 578 g/mol. The summed E-state index contributed by atoms with van der Waals surface area (Å²) < 4.78 is 5.56. The Morgan fingerprint density at radius 2 is 1.67 bits per heavy atom. The number of amides is 3. The minimum Gasteiger partial charge on any atom is -0.484 e. The van der Waals surface area contributed by atoms with E-state index in [0.29, 0.717) is 29.3 Å². The van der Waals surface area contributed by atoms with Crippen LogP contribution in [0.5, 0.6) is 5.75 Å². The van der Waals surface area contributed by atoms with E-state index >= 15 is 0 Å². The second kappa shape index (κ2) is 13.6. The zero-order valence-electron chi connectivity index (χ0n) is 23.0. The minimum absolute atomic E-state index is 0.0950. The van der Waals surface area contributed by atoms with Gasteiger partial charge in [-0.25, -0.2) is 5.43 Å². The predicted octanol–water partition coefficient (Wildman–Crippen LogP) is 5.55. The molecule has 3 amide bonds. The molecule has 1 fully saturated rings. The summed E-state index contributed by atoms with van der Waals surface area (Å²) >= 11 is 1.59. The third-order valence-corrected chi connectivity index (χ3v) is 7.84. The third-order valence-electron chi connectivity index (χ3n) is 6.59. The first kappa shape index (κ1) is 28.6. The van der Waals surface area contributed by atoms with Crippen LogP contribution in [0.3, 0.4) is 0 Å². The van der Waals surface area contributed by atoms with Gasteiger partial charge in [0.05, 0.1) is 12.0 Å². The van der Waals surface area contributed by atoms with E-state index in [0.717, 1.165) is 22.3 Å². The molecule has 1 aliphatic heterocycles. The van der Waals surface area contributed by atoms with Crippen LogP contribution < -0.4 is 15.5 Å². The van der Waals surface area contributed by atoms with Crippen LogP contribution in [0.15, 0.2) is 108 Å². The van der Waals surface area contributed by atoms with Gasteiger partial charge in [0.15, 0.2) is 6.61 Å². The molecule has 4 aromatic carbocycles. The fourth-order valence-corrected chi connectivity index (χ4v) is 5.53. The summed E-state index contributed by atoms with van der Waals surface area (Å²) in [6, 6.07) is 31.7. The van der Waals surface area contributed by atoms with E-state index in [-0.39, 0.29) is 29.7 Å². The molecule has 0 spiro atoms. The van der Waals surface area contributed by atoms with E-state index in [4.69, 9.17) is 4.74 Å². The summed E-state index contributed by atoms with van der Waals surface area (Å²) in [5.41, 5.74) is 7.64. The number of rotatable bonds is 10. The number of anilines is 1. The van der Waals surface area contributed by atoms with Gasteiger partial charge in [-0.1, -0.05) is 60.2 Å². The second-order valence-electron chi connectivity index (χ2n) is 9.76. The first-order valence-corrected chi connectivity index (χ1v) is 14.5. The molecule has 4 aromatic rings. The second-order valence-corrected chi connectivity index (χ2v) is 10.8. The van der Waals surface area contributed by atoms with Crippen molar-refractivity contribution in [2.45, 2.75) is 18.8 Å². The van der Waals surface area contributed by atoms with Crippen molar-refractivity contribution in [1.82, 2.24) is 10.3 Å². The average Bonchev–Trinajstić information content (AvgIpc) is 3.38. The predicted molar refractivity (Wildman–Crippen MR) is 165 cm³/mol. The zero-order chi connectivity index (χ0) is 29.3. The van der Waals surface area contributed by atoms with E-state index in [1.807, 2.05) is 78.6 Å². The molecule has 2 N–H and O–H groups in total. The maximum Gasteiger partial charge on any atom is 0.271 e. The lowest BCUT2D eigenvalue weighted by molar-refractivity contribution is -0.128. The zero-order valence-corrected chi connectivity index (χ0v) is 23.8. The van der Waals surface area contributed by atoms with Gasteiger partial charge in [0.1, 0.15) is 11.1 Å². The van der Waals surface area contributed by atoms with Crippen molar-refractivity contribution in [2.75, 3.05) is 17.7 Å². The Morgan fingerprint density at radius 3 is 2.38 bits per heavy atom. The van der Waals surface area contributed by atoms with E-state index in [2.05, 4.69) is 15.8 Å². The highest BCUT2D eigenvalue weighted by Gasteiger charge is 2.32. The summed E-state index contributed by atoms with van der Waals surface area (Å²) in [5.74, 6) is 0.493. The summed E-state index contributed by atoms with van der Waals surface area (Å²) in [6.07, 6.45) is 1.53. The molecule has 1 heterocycles. The molecule has 0 saturated carbocycles. The largest absolute Gasteiger partial charge is 0.484 e. The molecule has 212 valence electrons. The normalized spacial score (nSPS) is 14.6. The maximum absolute atomic E-state index is 12.6. The van der Waals surface area contributed by atoms with E-state index in [1.165, 1.54) is 6.21 Å². The SMILES string of the molecule is Cc1ccc(NC(=O)COc2ccc(/C=N\NC(=O)c3ccc([C@H]4SCC(=O)N4Cc4ccccc4)cc3)cc2)cc1. The molecule has 42 heavy (non-hydrogen) atoms. The Morgan fingerprint density at radius 1 is 0.952 bits per heavy atom. The van der Waals surface area contributed by atoms with Gasteiger partial charge in [-0.15, -0.1) is 11.8 Å². The number of hydrazone groups is 1. The van der Waals surface area contributed by atoms with Gasteiger partial charge in [-0.05, 0) is 72.1 Å². The number of aryl methyl sites for hydroxylation is 1. The molecule has 0 aliphatic carbocycles. The van der Waals surface area contributed by atoms with Crippen molar-refractivity contribution >= 4 is 41.4 Å². The van der Waals surface area contributed by atoms with Crippen LogP contribution in [0.2, 0.25) is 0 Å². The quantitative estimate of drug-likeness (QED) is 0.190. The first-order valence-electron chi connectivity index (χ1n) is 13.4. The van der Waals surface area contributed by atoms with Crippen LogP contribution in [0.1, 0.15) is 38.0 Å².